The molecule has 0 aliphatic heterocycles. The van der Waals surface area contributed by atoms with Crippen LogP contribution in [-0.2, 0) is 7.05 Å². The lowest BCUT2D eigenvalue weighted by molar-refractivity contribution is 0.0955. The lowest BCUT2D eigenvalue weighted by Gasteiger charge is -2.00. The van der Waals surface area contributed by atoms with Crippen LogP contribution in [0.2, 0.25) is 0 Å². The van der Waals surface area contributed by atoms with E-state index in [1.54, 1.807) is 18.3 Å². The van der Waals surface area contributed by atoms with E-state index in [4.69, 9.17) is 0 Å². The van der Waals surface area contributed by atoms with Crippen LogP contribution in [0.5, 0.6) is 0 Å². The zero-order valence-corrected chi connectivity index (χ0v) is 14.5. The molecule has 0 atom stereocenters. The highest BCUT2D eigenvalue weighted by molar-refractivity contribution is 9.10. The van der Waals surface area contributed by atoms with Crippen LogP contribution in [0.15, 0.2) is 58.1 Å². The van der Waals surface area contributed by atoms with Crippen LogP contribution in [0, 0.1) is 6.92 Å². The van der Waals surface area contributed by atoms with Crippen molar-refractivity contribution in [1.29, 1.82) is 0 Å². The van der Waals surface area contributed by atoms with Crippen LogP contribution >= 0.6 is 15.9 Å². The maximum absolute atomic E-state index is 12.1. The number of hydrazone groups is 1. The zero-order chi connectivity index (χ0) is 16.4. The molecule has 0 aliphatic rings. The highest BCUT2D eigenvalue weighted by Crippen LogP contribution is 2.22. The average molecular weight is 370 g/mol. The Kier molecular flexibility index (Phi) is 4.30. The Bertz CT molecular complexity index is 895. The summed E-state index contributed by atoms with van der Waals surface area (Å²) in [5.74, 6) is -0.230. The van der Waals surface area contributed by atoms with Gasteiger partial charge in [-0.05, 0) is 37.3 Å². The fraction of sp³-hybridized carbons (Fsp3) is 0.111. The molecule has 0 fully saturated rings. The molecular weight excluding hydrogens is 354 g/mol. The van der Waals surface area contributed by atoms with Crippen LogP contribution in [0.1, 0.15) is 21.6 Å². The molecule has 5 heteroatoms. The second kappa shape index (κ2) is 6.38. The summed E-state index contributed by atoms with van der Waals surface area (Å²) in [5, 5.41) is 5.23. The third kappa shape index (κ3) is 3.05. The first-order valence-electron chi connectivity index (χ1n) is 7.21. The molecule has 0 unspecified atom stereocenters. The van der Waals surface area contributed by atoms with E-state index in [9.17, 15) is 4.79 Å². The summed E-state index contributed by atoms with van der Waals surface area (Å²) < 4.78 is 3.05. The van der Waals surface area contributed by atoms with Crippen LogP contribution in [-0.4, -0.2) is 16.7 Å². The van der Waals surface area contributed by atoms with Crippen molar-refractivity contribution in [3.63, 3.8) is 0 Å². The number of nitrogens with one attached hydrogen (secondary N) is 1. The molecule has 116 valence electrons. The van der Waals surface area contributed by atoms with Crippen molar-refractivity contribution in [2.45, 2.75) is 6.92 Å². The minimum atomic E-state index is -0.230. The fourth-order valence-electron chi connectivity index (χ4n) is 2.53. The fourth-order valence-corrected chi connectivity index (χ4v) is 2.80. The zero-order valence-electron chi connectivity index (χ0n) is 12.9. The Morgan fingerprint density at radius 2 is 1.87 bits per heavy atom. The van der Waals surface area contributed by atoms with Crippen LogP contribution in [0.4, 0.5) is 0 Å². The number of hydrogen-bond donors (Lipinski definition) is 1. The number of carbonyl (C=O) groups is 1. The first kappa shape index (κ1) is 15.5. The molecule has 1 N–H and O–H groups in total. The Labute approximate surface area is 142 Å². The van der Waals surface area contributed by atoms with Gasteiger partial charge < -0.3 is 4.57 Å². The summed E-state index contributed by atoms with van der Waals surface area (Å²) in [6.07, 6.45) is 1.70. The maximum atomic E-state index is 12.1. The van der Waals surface area contributed by atoms with Gasteiger partial charge in [0.2, 0.25) is 0 Å². The molecule has 23 heavy (non-hydrogen) atoms. The summed E-state index contributed by atoms with van der Waals surface area (Å²) >= 11 is 3.35. The molecule has 0 spiro atoms. The molecule has 0 bridgehead atoms. The molecule has 0 radical (unpaired) electrons. The number of rotatable bonds is 3. The van der Waals surface area contributed by atoms with Crippen molar-refractivity contribution in [3.05, 3.63) is 69.8 Å². The van der Waals surface area contributed by atoms with Gasteiger partial charge in [0.1, 0.15) is 0 Å². The molecule has 3 aromatic rings. The number of hydrogen-bond acceptors (Lipinski definition) is 2. The highest BCUT2D eigenvalue weighted by Gasteiger charge is 2.09. The van der Waals surface area contributed by atoms with Gasteiger partial charge in [-0.2, -0.15) is 5.10 Å². The van der Waals surface area contributed by atoms with Crippen molar-refractivity contribution < 1.29 is 4.79 Å². The molecule has 3 rings (SSSR count). The predicted molar refractivity (Wildman–Crippen MR) is 96.9 cm³/mol. The van der Waals surface area contributed by atoms with Gasteiger partial charge in [-0.25, -0.2) is 5.43 Å². The Morgan fingerprint density at radius 1 is 1.17 bits per heavy atom. The molecule has 1 amide bonds. The van der Waals surface area contributed by atoms with Crippen molar-refractivity contribution in [1.82, 2.24) is 9.99 Å². The number of fused-ring (bicyclic) bond motifs is 1. The van der Waals surface area contributed by atoms with Crippen molar-refractivity contribution >= 4 is 39.0 Å². The van der Waals surface area contributed by atoms with E-state index in [-0.39, 0.29) is 5.91 Å². The number of halogens is 1. The summed E-state index contributed by atoms with van der Waals surface area (Å²) in [4.78, 5) is 12.1. The standard InChI is InChI=1S/C18H16BrN3O/c1-12-16(15-5-3-4-6-17(15)22(12)2)11-20-21-18(23)13-7-9-14(19)10-8-13/h3-11H,1-2H3,(H,21,23)/b20-11-. The van der Waals surface area contributed by atoms with Crippen molar-refractivity contribution in [2.24, 2.45) is 12.1 Å². The summed E-state index contributed by atoms with van der Waals surface area (Å²) in [7, 11) is 2.02. The van der Waals surface area contributed by atoms with E-state index < -0.39 is 0 Å². The van der Waals surface area contributed by atoms with E-state index in [2.05, 4.69) is 43.2 Å². The van der Waals surface area contributed by atoms with Crippen molar-refractivity contribution in [3.8, 4) is 0 Å². The van der Waals surface area contributed by atoms with Gasteiger partial charge in [0.05, 0.1) is 6.21 Å². The maximum Gasteiger partial charge on any atom is 0.271 e. The van der Waals surface area contributed by atoms with Crippen molar-refractivity contribution in [2.75, 3.05) is 0 Å². The van der Waals surface area contributed by atoms with E-state index in [0.29, 0.717) is 5.56 Å². The number of nitrogens with zero attached hydrogens (tertiary/aromatic N) is 2. The number of benzene rings is 2. The number of para-hydroxylation sites is 1. The van der Waals surface area contributed by atoms with Gasteiger partial charge in [0, 0.05) is 39.2 Å². The average Bonchev–Trinajstić information content (AvgIpc) is 2.81. The molecule has 0 saturated carbocycles. The third-order valence-corrected chi connectivity index (χ3v) is 4.44. The first-order chi connectivity index (χ1) is 11.1. The quantitative estimate of drug-likeness (QED) is 0.550. The molecule has 4 nitrogen and oxygen atoms in total. The largest absolute Gasteiger partial charge is 0.347 e. The molecule has 1 heterocycles. The van der Waals surface area contributed by atoms with Gasteiger partial charge >= 0.3 is 0 Å². The smallest absolute Gasteiger partial charge is 0.271 e. The number of amides is 1. The Hall–Kier alpha value is -2.40. The second-order valence-electron chi connectivity index (χ2n) is 5.28. The monoisotopic (exact) mass is 369 g/mol. The van der Waals surface area contributed by atoms with Gasteiger partial charge in [-0.15, -0.1) is 0 Å². The van der Waals surface area contributed by atoms with E-state index in [1.807, 2.05) is 38.2 Å². The summed E-state index contributed by atoms with van der Waals surface area (Å²) in [5.41, 5.74) is 6.41. The Balaban J connectivity index is 1.82. The predicted octanol–water partition coefficient (Wildman–Crippen LogP) is 4.01. The normalized spacial score (nSPS) is 11.3. The molecule has 0 saturated heterocycles. The highest BCUT2D eigenvalue weighted by atomic mass is 79.9. The summed E-state index contributed by atoms with van der Waals surface area (Å²) in [6, 6.07) is 15.3. The van der Waals surface area contributed by atoms with Crippen LogP contribution in [0.25, 0.3) is 10.9 Å². The third-order valence-electron chi connectivity index (χ3n) is 3.91. The molecule has 2 aromatic carbocycles. The molecular formula is C18H16BrN3O. The SMILES string of the molecule is Cc1c(/C=N\NC(=O)c2ccc(Br)cc2)c2ccccc2n1C. The van der Waals surface area contributed by atoms with Crippen LogP contribution in [0.3, 0.4) is 0 Å². The lowest BCUT2D eigenvalue weighted by atomic mass is 10.1. The number of carbonyl (C=O) groups excluding carboxylic acids is 1. The van der Waals surface area contributed by atoms with E-state index >= 15 is 0 Å². The van der Waals surface area contributed by atoms with E-state index in [1.165, 1.54) is 0 Å². The van der Waals surface area contributed by atoms with E-state index in [0.717, 1.165) is 26.6 Å². The van der Waals surface area contributed by atoms with Gasteiger partial charge in [0.25, 0.3) is 5.91 Å². The molecule has 0 aliphatic carbocycles. The number of aryl methyl sites for hydroxylation is 1. The van der Waals surface area contributed by atoms with Gasteiger partial charge in [-0.3, -0.25) is 4.79 Å². The minimum absolute atomic E-state index is 0.230. The minimum Gasteiger partial charge on any atom is -0.347 e. The van der Waals surface area contributed by atoms with Gasteiger partial charge in [-0.1, -0.05) is 34.1 Å². The van der Waals surface area contributed by atoms with Gasteiger partial charge in [0.15, 0.2) is 0 Å². The molecule has 1 aromatic heterocycles. The van der Waals surface area contributed by atoms with Crippen LogP contribution < -0.4 is 5.43 Å². The second-order valence-corrected chi connectivity index (χ2v) is 6.20. The topological polar surface area (TPSA) is 46.4 Å². The Morgan fingerprint density at radius 3 is 2.61 bits per heavy atom. The summed E-state index contributed by atoms with van der Waals surface area (Å²) in [6.45, 7) is 2.04. The number of aromatic nitrogens is 1. The lowest BCUT2D eigenvalue weighted by Crippen LogP contribution is -2.17. The first-order valence-corrected chi connectivity index (χ1v) is 8.00.